The number of rotatable bonds is 4. The van der Waals surface area contributed by atoms with Crippen LogP contribution in [0.4, 0.5) is 29.3 Å². The highest BCUT2D eigenvalue weighted by atomic mass is 32.2. The van der Waals surface area contributed by atoms with E-state index in [9.17, 15) is 26.4 Å². The lowest BCUT2D eigenvalue weighted by Gasteiger charge is -2.21. The van der Waals surface area contributed by atoms with Crippen LogP contribution in [0.25, 0.3) is 0 Å². The van der Waals surface area contributed by atoms with E-state index >= 15 is 0 Å². The van der Waals surface area contributed by atoms with E-state index in [1.807, 2.05) is 0 Å². The number of benzene rings is 2. The molecule has 0 aliphatic carbocycles. The van der Waals surface area contributed by atoms with Gasteiger partial charge in [0.15, 0.2) is 0 Å². The summed E-state index contributed by atoms with van der Waals surface area (Å²) in [4.78, 5) is 13.2. The molecule has 1 aliphatic heterocycles. The molecule has 162 valence electrons. The van der Waals surface area contributed by atoms with Crippen molar-refractivity contribution in [1.29, 1.82) is 0 Å². The fourth-order valence-corrected chi connectivity index (χ4v) is 4.53. The zero-order valence-corrected chi connectivity index (χ0v) is 16.9. The Kier molecular flexibility index (Phi) is 6.55. The highest BCUT2D eigenvalue weighted by molar-refractivity contribution is 7.92. The van der Waals surface area contributed by atoms with Crippen LogP contribution >= 0.6 is 0 Å². The molecule has 1 aliphatic rings. The Morgan fingerprint density at radius 1 is 0.867 bits per heavy atom. The van der Waals surface area contributed by atoms with E-state index in [1.54, 1.807) is 4.90 Å². The predicted octanol–water partition coefficient (Wildman–Crippen LogP) is 4.91. The maximum Gasteiger partial charge on any atom is 0.417 e. The lowest BCUT2D eigenvalue weighted by atomic mass is 10.2. The van der Waals surface area contributed by atoms with Crippen molar-refractivity contribution in [3.63, 3.8) is 0 Å². The van der Waals surface area contributed by atoms with Crippen LogP contribution in [0.2, 0.25) is 0 Å². The first-order valence-electron chi connectivity index (χ1n) is 9.52. The number of alkyl halides is 3. The third-order valence-corrected chi connectivity index (χ3v) is 6.20. The molecule has 1 heterocycles. The molecule has 6 nitrogen and oxygen atoms in total. The quantitative estimate of drug-likeness (QED) is 0.707. The third-order valence-electron chi connectivity index (χ3n) is 4.76. The summed E-state index contributed by atoms with van der Waals surface area (Å²) in [6, 6.07) is 9.49. The molecule has 0 aromatic heterocycles. The molecular weight excluding hydrogens is 419 g/mol. The Hall–Kier alpha value is -2.75. The van der Waals surface area contributed by atoms with Crippen LogP contribution in [0, 0.1) is 0 Å². The number of anilines is 2. The maximum atomic E-state index is 13.1. The molecule has 2 aromatic rings. The smallest absolute Gasteiger partial charge is 0.325 e. The van der Waals surface area contributed by atoms with Crippen molar-refractivity contribution in [2.75, 3.05) is 23.1 Å². The first-order chi connectivity index (χ1) is 14.2. The van der Waals surface area contributed by atoms with E-state index in [0.717, 1.165) is 43.9 Å². The Balaban J connectivity index is 1.70. The van der Waals surface area contributed by atoms with Crippen molar-refractivity contribution in [3.8, 4) is 0 Å². The van der Waals surface area contributed by atoms with Crippen LogP contribution in [0.15, 0.2) is 53.4 Å². The van der Waals surface area contributed by atoms with Gasteiger partial charge in [-0.1, -0.05) is 25.0 Å². The zero-order valence-electron chi connectivity index (χ0n) is 16.1. The van der Waals surface area contributed by atoms with Gasteiger partial charge < -0.3 is 10.2 Å². The molecule has 2 aromatic carbocycles. The number of sulfonamides is 1. The van der Waals surface area contributed by atoms with E-state index < -0.39 is 26.7 Å². The van der Waals surface area contributed by atoms with Crippen LogP contribution < -0.4 is 10.0 Å². The molecule has 0 saturated carbocycles. The SMILES string of the molecule is O=C(Nc1ccc(NS(=O)(=O)c2ccccc2C(F)(F)F)cc1)N1CCCCCC1. The molecule has 10 heteroatoms. The molecule has 0 atom stereocenters. The number of likely N-dealkylation sites (tertiary alicyclic amines) is 1. The van der Waals surface area contributed by atoms with Gasteiger partial charge in [-0.3, -0.25) is 4.72 Å². The fourth-order valence-electron chi connectivity index (χ4n) is 3.24. The topological polar surface area (TPSA) is 78.5 Å². The molecule has 1 saturated heterocycles. The first-order valence-corrected chi connectivity index (χ1v) is 11.0. The molecule has 3 rings (SSSR count). The van der Waals surface area contributed by atoms with Gasteiger partial charge in [0.05, 0.1) is 10.5 Å². The molecule has 0 spiro atoms. The van der Waals surface area contributed by atoms with Gasteiger partial charge in [-0.05, 0) is 49.2 Å². The Morgan fingerprint density at radius 2 is 1.43 bits per heavy atom. The number of nitrogens with zero attached hydrogens (tertiary/aromatic N) is 1. The van der Waals surface area contributed by atoms with Gasteiger partial charge in [-0.2, -0.15) is 13.2 Å². The molecule has 30 heavy (non-hydrogen) atoms. The largest absolute Gasteiger partial charge is 0.417 e. The molecule has 2 amide bonds. The average molecular weight is 441 g/mol. The molecule has 0 bridgehead atoms. The number of nitrogens with one attached hydrogen (secondary N) is 2. The van der Waals surface area contributed by atoms with Crippen molar-refractivity contribution in [2.45, 2.75) is 36.8 Å². The van der Waals surface area contributed by atoms with Crippen molar-refractivity contribution in [3.05, 3.63) is 54.1 Å². The molecule has 0 unspecified atom stereocenters. The Bertz CT molecular complexity index is 984. The van der Waals surface area contributed by atoms with Crippen molar-refractivity contribution in [2.24, 2.45) is 0 Å². The van der Waals surface area contributed by atoms with Gasteiger partial charge in [-0.25, -0.2) is 13.2 Å². The minimum absolute atomic E-state index is 0.0831. The van der Waals surface area contributed by atoms with Gasteiger partial charge >= 0.3 is 12.2 Å². The fraction of sp³-hybridized carbons (Fsp3) is 0.350. The van der Waals surface area contributed by atoms with Crippen molar-refractivity contribution < 1.29 is 26.4 Å². The maximum absolute atomic E-state index is 13.1. The lowest BCUT2D eigenvalue weighted by molar-refractivity contribution is -0.139. The summed E-state index contributed by atoms with van der Waals surface area (Å²) in [6.45, 7) is 1.37. The summed E-state index contributed by atoms with van der Waals surface area (Å²) < 4.78 is 66.5. The van der Waals surface area contributed by atoms with Gasteiger partial charge in [0, 0.05) is 24.5 Å². The van der Waals surface area contributed by atoms with E-state index in [0.29, 0.717) is 18.8 Å². The summed E-state index contributed by atoms with van der Waals surface area (Å²) >= 11 is 0. The lowest BCUT2D eigenvalue weighted by Crippen LogP contribution is -2.35. The highest BCUT2D eigenvalue weighted by Crippen LogP contribution is 2.34. The first kappa shape index (κ1) is 21.9. The summed E-state index contributed by atoms with van der Waals surface area (Å²) in [5.74, 6) is 0. The monoisotopic (exact) mass is 441 g/mol. The van der Waals surface area contributed by atoms with E-state index in [4.69, 9.17) is 0 Å². The number of hydrogen-bond donors (Lipinski definition) is 2. The highest BCUT2D eigenvalue weighted by Gasteiger charge is 2.36. The molecular formula is C20H22F3N3O3S. The van der Waals surface area contributed by atoms with E-state index in [1.165, 1.54) is 30.3 Å². The average Bonchev–Trinajstić information content (AvgIpc) is 2.98. The Labute approximate surface area is 173 Å². The van der Waals surface area contributed by atoms with Crippen LogP contribution in [0.1, 0.15) is 31.2 Å². The number of hydrogen-bond acceptors (Lipinski definition) is 3. The van der Waals surface area contributed by atoms with Crippen LogP contribution in [-0.4, -0.2) is 32.4 Å². The van der Waals surface area contributed by atoms with Crippen LogP contribution in [-0.2, 0) is 16.2 Å². The summed E-state index contributed by atoms with van der Waals surface area (Å²) in [6.07, 6.45) is -0.708. The second-order valence-corrected chi connectivity index (χ2v) is 8.66. The Morgan fingerprint density at radius 3 is 2.03 bits per heavy atom. The van der Waals surface area contributed by atoms with Gasteiger partial charge in [0.25, 0.3) is 10.0 Å². The van der Waals surface area contributed by atoms with Gasteiger partial charge in [-0.15, -0.1) is 0 Å². The van der Waals surface area contributed by atoms with Gasteiger partial charge in [0.1, 0.15) is 0 Å². The number of amides is 2. The van der Waals surface area contributed by atoms with E-state index in [-0.39, 0.29) is 11.7 Å². The van der Waals surface area contributed by atoms with Crippen molar-refractivity contribution in [1.82, 2.24) is 4.90 Å². The number of carbonyl (C=O) groups excluding carboxylic acids is 1. The van der Waals surface area contributed by atoms with Crippen molar-refractivity contribution >= 4 is 27.4 Å². The summed E-state index contributed by atoms with van der Waals surface area (Å²) in [5, 5.41) is 2.75. The molecule has 0 radical (unpaired) electrons. The summed E-state index contributed by atoms with van der Waals surface area (Å²) in [7, 11) is -4.45. The minimum atomic E-state index is -4.80. The minimum Gasteiger partial charge on any atom is -0.325 e. The van der Waals surface area contributed by atoms with Crippen LogP contribution in [0.3, 0.4) is 0 Å². The number of carbonyl (C=O) groups is 1. The third kappa shape index (κ3) is 5.44. The van der Waals surface area contributed by atoms with E-state index in [2.05, 4.69) is 10.0 Å². The zero-order chi connectivity index (χ0) is 21.8. The number of halogens is 3. The summed E-state index contributed by atoms with van der Waals surface area (Å²) in [5.41, 5.74) is -0.693. The molecule has 2 N–H and O–H groups in total. The molecule has 1 fully saturated rings. The van der Waals surface area contributed by atoms with Crippen LogP contribution in [0.5, 0.6) is 0 Å². The predicted molar refractivity (Wildman–Crippen MR) is 108 cm³/mol. The van der Waals surface area contributed by atoms with Gasteiger partial charge in [0.2, 0.25) is 0 Å². The number of urea groups is 1. The second-order valence-electron chi connectivity index (χ2n) is 7.01. The normalized spacial score (nSPS) is 15.4. The standard InChI is InChI=1S/C20H22F3N3O3S/c21-20(22,23)17-7-3-4-8-18(17)30(28,29)25-16-11-9-15(10-12-16)24-19(27)26-13-5-1-2-6-14-26/h3-4,7-12,25H,1-2,5-6,13-14H2,(H,24,27). The second kappa shape index (κ2) is 8.95.